The number of nitrogens with two attached hydrogens (primary N) is 1. The van der Waals surface area contributed by atoms with Gasteiger partial charge in [0.15, 0.2) is 0 Å². The zero-order valence-corrected chi connectivity index (χ0v) is 17.2. The van der Waals surface area contributed by atoms with Gasteiger partial charge in [-0.15, -0.1) is 0 Å². The Bertz CT molecular complexity index is 1060. The topological polar surface area (TPSA) is 61.0 Å². The van der Waals surface area contributed by atoms with Crippen molar-refractivity contribution in [2.75, 3.05) is 6.61 Å². The van der Waals surface area contributed by atoms with Gasteiger partial charge in [-0.1, -0.05) is 72.8 Å². The molecule has 154 valence electrons. The van der Waals surface area contributed by atoms with Gasteiger partial charge >= 0.3 is 0 Å². The quantitative estimate of drug-likeness (QED) is 0.437. The third kappa shape index (κ3) is 5.65. The molecule has 0 saturated heterocycles. The third-order valence-corrected chi connectivity index (χ3v) is 5.10. The molecule has 0 radical (unpaired) electrons. The van der Waals surface area contributed by atoms with E-state index in [0.29, 0.717) is 12.4 Å². The average molecular weight is 408 g/mol. The van der Waals surface area contributed by atoms with Crippen LogP contribution in [0, 0.1) is 0 Å². The second kappa shape index (κ2) is 10.3. The summed E-state index contributed by atoms with van der Waals surface area (Å²) in [6.45, 7) is 0.383. The van der Waals surface area contributed by atoms with E-state index in [-0.39, 0.29) is 12.0 Å². The van der Waals surface area contributed by atoms with Crippen LogP contribution in [-0.2, 0) is 0 Å². The number of rotatable bonds is 8. The van der Waals surface area contributed by atoms with Crippen molar-refractivity contribution >= 4 is 12.2 Å². The maximum atomic E-state index is 6.64. The van der Waals surface area contributed by atoms with Gasteiger partial charge in [0.05, 0.1) is 6.20 Å². The number of aromatic nitrogens is 2. The van der Waals surface area contributed by atoms with Crippen LogP contribution in [-0.4, -0.2) is 22.6 Å². The minimum atomic E-state index is -0.208. The first kappa shape index (κ1) is 20.5. The molecule has 0 aliphatic carbocycles. The van der Waals surface area contributed by atoms with E-state index in [4.69, 9.17) is 10.5 Å². The first-order chi connectivity index (χ1) is 15.3. The van der Waals surface area contributed by atoms with Gasteiger partial charge in [-0.05, 0) is 40.5 Å². The van der Waals surface area contributed by atoms with E-state index in [9.17, 15) is 0 Å². The molecule has 0 fully saturated rings. The summed E-state index contributed by atoms with van der Waals surface area (Å²) in [6, 6.07) is 26.3. The fraction of sp³-hybridized carbons (Fsp3) is 0.111. The standard InChI is InChI=1S/C27H25N3O/c28-26(27(23-7-3-1-4-8-23)24-9-5-2-6-10-24)20-31-25-17-22(18-30-19-25)12-11-21-13-15-29-16-14-21/h1-19,26-27H,20,28H2/t26-/m1/s1. The highest BCUT2D eigenvalue weighted by Gasteiger charge is 2.22. The molecule has 4 heteroatoms. The van der Waals surface area contributed by atoms with Gasteiger partial charge < -0.3 is 10.5 Å². The van der Waals surface area contributed by atoms with Crippen LogP contribution >= 0.6 is 0 Å². The van der Waals surface area contributed by atoms with Crippen LogP contribution < -0.4 is 10.5 Å². The molecule has 0 unspecified atom stereocenters. The zero-order valence-electron chi connectivity index (χ0n) is 17.2. The van der Waals surface area contributed by atoms with Gasteiger partial charge in [-0.3, -0.25) is 9.97 Å². The van der Waals surface area contributed by atoms with Gasteiger partial charge in [0.2, 0.25) is 0 Å². The molecule has 4 aromatic rings. The van der Waals surface area contributed by atoms with E-state index in [1.54, 1.807) is 24.8 Å². The summed E-state index contributed by atoms with van der Waals surface area (Å²) in [6.07, 6.45) is 11.1. The minimum absolute atomic E-state index is 0.0464. The number of hydrogen-bond acceptors (Lipinski definition) is 4. The lowest BCUT2D eigenvalue weighted by molar-refractivity contribution is 0.277. The maximum absolute atomic E-state index is 6.64. The second-order valence-electron chi connectivity index (χ2n) is 7.34. The van der Waals surface area contributed by atoms with Crippen molar-refractivity contribution in [3.63, 3.8) is 0 Å². The Kier molecular flexibility index (Phi) is 6.83. The predicted molar refractivity (Wildman–Crippen MR) is 126 cm³/mol. The van der Waals surface area contributed by atoms with Gasteiger partial charge in [-0.25, -0.2) is 0 Å². The number of pyridine rings is 2. The lowest BCUT2D eigenvalue weighted by Crippen LogP contribution is -2.35. The largest absolute Gasteiger partial charge is 0.490 e. The second-order valence-corrected chi connectivity index (χ2v) is 7.34. The third-order valence-electron chi connectivity index (χ3n) is 5.10. The van der Waals surface area contributed by atoms with Crippen LogP contribution in [0.1, 0.15) is 28.2 Å². The molecule has 0 aliphatic rings. The summed E-state index contributed by atoms with van der Waals surface area (Å²) >= 11 is 0. The summed E-state index contributed by atoms with van der Waals surface area (Å²) in [5.41, 5.74) is 11.0. The van der Waals surface area contributed by atoms with Crippen LogP contribution in [0.15, 0.2) is 104 Å². The van der Waals surface area contributed by atoms with Crippen molar-refractivity contribution in [2.24, 2.45) is 5.73 Å². The Morgan fingerprint density at radius 1 is 0.742 bits per heavy atom. The highest BCUT2D eigenvalue weighted by atomic mass is 16.5. The van der Waals surface area contributed by atoms with Crippen LogP contribution in [0.25, 0.3) is 12.2 Å². The van der Waals surface area contributed by atoms with Gasteiger partial charge in [0.25, 0.3) is 0 Å². The monoisotopic (exact) mass is 407 g/mol. The smallest absolute Gasteiger partial charge is 0.138 e. The molecule has 2 N–H and O–H groups in total. The molecule has 4 nitrogen and oxygen atoms in total. The lowest BCUT2D eigenvalue weighted by atomic mass is 9.86. The molecular weight excluding hydrogens is 382 g/mol. The van der Waals surface area contributed by atoms with Crippen molar-refractivity contribution in [2.45, 2.75) is 12.0 Å². The zero-order chi connectivity index (χ0) is 21.3. The van der Waals surface area contributed by atoms with E-state index in [1.807, 2.05) is 66.7 Å². The summed E-state index contributed by atoms with van der Waals surface area (Å²) in [7, 11) is 0. The number of benzene rings is 2. The fourth-order valence-electron chi connectivity index (χ4n) is 3.57. The van der Waals surface area contributed by atoms with Crippen LogP contribution in [0.5, 0.6) is 5.75 Å². The first-order valence-corrected chi connectivity index (χ1v) is 10.3. The van der Waals surface area contributed by atoms with Crippen molar-refractivity contribution in [3.8, 4) is 5.75 Å². The van der Waals surface area contributed by atoms with Crippen molar-refractivity contribution in [1.82, 2.24) is 9.97 Å². The first-order valence-electron chi connectivity index (χ1n) is 10.3. The van der Waals surface area contributed by atoms with E-state index in [0.717, 1.165) is 11.1 Å². The molecule has 0 aliphatic heterocycles. The Hall–Kier alpha value is -3.76. The summed E-state index contributed by atoms with van der Waals surface area (Å²) in [5.74, 6) is 0.748. The van der Waals surface area contributed by atoms with Gasteiger partial charge in [0.1, 0.15) is 12.4 Å². The lowest BCUT2D eigenvalue weighted by Gasteiger charge is -2.25. The Balaban J connectivity index is 1.47. The van der Waals surface area contributed by atoms with Gasteiger partial charge in [-0.2, -0.15) is 0 Å². The van der Waals surface area contributed by atoms with E-state index < -0.39 is 0 Å². The molecular formula is C27H25N3O. The summed E-state index contributed by atoms with van der Waals surface area (Å²) in [4.78, 5) is 8.34. The Morgan fingerprint density at radius 3 is 2.00 bits per heavy atom. The SMILES string of the molecule is N[C@H](COc1cncc(C=Cc2ccncc2)c1)C(c1ccccc1)c1ccccc1. The molecule has 2 aromatic carbocycles. The van der Waals surface area contributed by atoms with E-state index in [1.165, 1.54) is 11.1 Å². The number of ether oxygens (including phenoxy) is 1. The van der Waals surface area contributed by atoms with Crippen molar-refractivity contribution in [1.29, 1.82) is 0 Å². The molecule has 4 rings (SSSR count). The highest BCUT2D eigenvalue weighted by Crippen LogP contribution is 2.27. The van der Waals surface area contributed by atoms with E-state index >= 15 is 0 Å². The maximum Gasteiger partial charge on any atom is 0.138 e. The predicted octanol–water partition coefficient (Wildman–Crippen LogP) is 5.19. The molecule has 0 spiro atoms. The molecule has 0 amide bonds. The molecule has 0 bridgehead atoms. The molecule has 31 heavy (non-hydrogen) atoms. The number of nitrogens with zero attached hydrogens (tertiary/aromatic N) is 2. The van der Waals surface area contributed by atoms with Crippen LogP contribution in [0.3, 0.4) is 0 Å². The van der Waals surface area contributed by atoms with E-state index in [2.05, 4.69) is 34.2 Å². The van der Waals surface area contributed by atoms with Crippen molar-refractivity contribution in [3.05, 3.63) is 126 Å². The molecule has 2 heterocycles. The van der Waals surface area contributed by atoms with Crippen LogP contribution in [0.2, 0.25) is 0 Å². The molecule has 2 aromatic heterocycles. The highest BCUT2D eigenvalue weighted by molar-refractivity contribution is 5.69. The Morgan fingerprint density at radius 2 is 1.35 bits per heavy atom. The summed E-state index contributed by atoms with van der Waals surface area (Å²) < 4.78 is 6.05. The minimum Gasteiger partial charge on any atom is -0.490 e. The van der Waals surface area contributed by atoms with Gasteiger partial charge in [0, 0.05) is 30.6 Å². The molecule has 0 saturated carbocycles. The summed E-state index contributed by atoms with van der Waals surface area (Å²) in [5, 5.41) is 0. The average Bonchev–Trinajstić information content (AvgIpc) is 2.84. The van der Waals surface area contributed by atoms with Crippen molar-refractivity contribution < 1.29 is 4.74 Å². The van der Waals surface area contributed by atoms with Crippen LogP contribution in [0.4, 0.5) is 0 Å². The Labute approximate surface area is 183 Å². The number of hydrogen-bond donors (Lipinski definition) is 1. The fourth-order valence-corrected chi connectivity index (χ4v) is 3.57. The normalized spacial score (nSPS) is 12.2. The molecule has 1 atom stereocenters.